The summed E-state index contributed by atoms with van der Waals surface area (Å²) in [5.74, 6) is 0.125. The third kappa shape index (κ3) is 4.17. The Hall–Kier alpha value is -2.66. The van der Waals surface area contributed by atoms with E-state index in [1.54, 1.807) is 23.5 Å². The molecule has 116 valence electrons. The van der Waals surface area contributed by atoms with E-state index >= 15 is 0 Å². The van der Waals surface area contributed by atoms with Gasteiger partial charge in [0.15, 0.2) is 12.4 Å². The molecule has 0 saturated carbocycles. The lowest BCUT2D eigenvalue weighted by Gasteiger charge is -1.96. The fourth-order valence-electron chi connectivity index (χ4n) is 2.02. The molecule has 3 aromatic rings. The van der Waals surface area contributed by atoms with Gasteiger partial charge in [-0.3, -0.25) is 0 Å². The summed E-state index contributed by atoms with van der Waals surface area (Å²) in [6.07, 6.45) is 3.18. The van der Waals surface area contributed by atoms with Crippen LogP contribution in [-0.4, -0.2) is 11.1 Å². The molecule has 0 bridgehead atoms. The number of aryl methyl sites for hydroxylation is 1. The van der Waals surface area contributed by atoms with Gasteiger partial charge in [-0.15, -0.1) is 11.3 Å². The van der Waals surface area contributed by atoms with Crippen LogP contribution in [0.4, 0.5) is 0 Å². The number of aromatic nitrogens is 1. The number of carbonyl (C=O) groups is 1. The smallest absolute Gasteiger partial charge is 0.331 e. The zero-order chi connectivity index (χ0) is 16.1. The summed E-state index contributed by atoms with van der Waals surface area (Å²) in [5.41, 5.74) is 1.93. The molecule has 0 radical (unpaired) electrons. The molecule has 5 heteroatoms. The highest BCUT2D eigenvalue weighted by Crippen LogP contribution is 2.28. The van der Waals surface area contributed by atoms with Crippen molar-refractivity contribution in [3.8, 4) is 10.4 Å². The van der Waals surface area contributed by atoms with Crippen molar-refractivity contribution in [2.45, 2.75) is 13.5 Å². The average Bonchev–Trinajstić information content (AvgIpc) is 3.21. The molecule has 1 aromatic carbocycles. The van der Waals surface area contributed by atoms with E-state index in [0.717, 1.165) is 15.4 Å². The standard InChI is InChI=1S/C18H15NO3S/c1-13-11-15(22-19-13)12-21-18(20)10-8-16-7-9-17(23-16)14-5-3-2-4-6-14/h2-11H,12H2,1H3/b10-8+. The Morgan fingerprint density at radius 2 is 2.09 bits per heavy atom. The van der Waals surface area contributed by atoms with E-state index in [2.05, 4.69) is 17.3 Å². The average molecular weight is 325 g/mol. The molecular formula is C18H15NO3S. The first-order valence-electron chi connectivity index (χ1n) is 7.13. The topological polar surface area (TPSA) is 52.3 Å². The van der Waals surface area contributed by atoms with Crippen LogP contribution < -0.4 is 0 Å². The highest BCUT2D eigenvalue weighted by Gasteiger charge is 2.05. The van der Waals surface area contributed by atoms with E-state index in [9.17, 15) is 4.79 Å². The lowest BCUT2D eigenvalue weighted by molar-refractivity contribution is -0.139. The van der Waals surface area contributed by atoms with Gasteiger partial charge in [0.2, 0.25) is 0 Å². The summed E-state index contributed by atoms with van der Waals surface area (Å²) in [5, 5.41) is 3.74. The Morgan fingerprint density at radius 1 is 1.26 bits per heavy atom. The van der Waals surface area contributed by atoms with E-state index in [1.807, 2.05) is 37.3 Å². The van der Waals surface area contributed by atoms with Crippen LogP contribution in [0.2, 0.25) is 0 Å². The first kappa shape index (κ1) is 15.2. The summed E-state index contributed by atoms with van der Waals surface area (Å²) in [6.45, 7) is 1.90. The minimum atomic E-state index is -0.409. The maximum absolute atomic E-state index is 11.7. The number of hydrogen-bond acceptors (Lipinski definition) is 5. The third-order valence-corrected chi connectivity index (χ3v) is 4.20. The Bertz CT molecular complexity index is 818. The number of rotatable bonds is 5. The Morgan fingerprint density at radius 3 is 2.83 bits per heavy atom. The van der Waals surface area contributed by atoms with Crippen molar-refractivity contribution in [3.63, 3.8) is 0 Å². The van der Waals surface area contributed by atoms with Gasteiger partial charge in [0.25, 0.3) is 0 Å². The summed E-state index contributed by atoms with van der Waals surface area (Å²) >= 11 is 1.62. The molecule has 2 aromatic heterocycles. The van der Waals surface area contributed by atoms with Crippen molar-refractivity contribution in [2.24, 2.45) is 0 Å². The minimum Gasteiger partial charge on any atom is -0.454 e. The highest BCUT2D eigenvalue weighted by atomic mass is 32.1. The Balaban J connectivity index is 1.57. The van der Waals surface area contributed by atoms with Gasteiger partial charge in [-0.05, 0) is 30.7 Å². The molecule has 4 nitrogen and oxygen atoms in total. The van der Waals surface area contributed by atoms with E-state index < -0.39 is 5.97 Å². The van der Waals surface area contributed by atoms with Crippen LogP contribution in [0.25, 0.3) is 16.5 Å². The zero-order valence-electron chi connectivity index (χ0n) is 12.6. The Kier molecular flexibility index (Phi) is 4.68. The van der Waals surface area contributed by atoms with Gasteiger partial charge in [-0.2, -0.15) is 0 Å². The van der Waals surface area contributed by atoms with Gasteiger partial charge in [-0.25, -0.2) is 4.79 Å². The number of esters is 1. The summed E-state index contributed by atoms with van der Waals surface area (Å²) in [4.78, 5) is 13.9. The quantitative estimate of drug-likeness (QED) is 0.513. The molecule has 0 aliphatic carbocycles. The van der Waals surface area contributed by atoms with Crippen molar-refractivity contribution >= 4 is 23.4 Å². The van der Waals surface area contributed by atoms with Crippen LogP contribution in [0.3, 0.4) is 0 Å². The summed E-state index contributed by atoms with van der Waals surface area (Å²) in [6, 6.07) is 15.9. The molecule has 0 unspecified atom stereocenters. The summed E-state index contributed by atoms with van der Waals surface area (Å²) < 4.78 is 10.1. The normalized spacial score (nSPS) is 11.0. The Labute approximate surface area is 138 Å². The first-order chi connectivity index (χ1) is 11.2. The number of benzene rings is 1. The SMILES string of the molecule is Cc1cc(COC(=O)/C=C/c2ccc(-c3ccccc3)s2)on1. The molecule has 2 heterocycles. The third-order valence-electron chi connectivity index (χ3n) is 3.10. The summed E-state index contributed by atoms with van der Waals surface area (Å²) in [7, 11) is 0. The fraction of sp³-hybridized carbons (Fsp3) is 0.111. The molecule has 23 heavy (non-hydrogen) atoms. The first-order valence-corrected chi connectivity index (χ1v) is 7.94. The van der Waals surface area contributed by atoms with Crippen LogP contribution in [0.15, 0.2) is 59.1 Å². The maximum atomic E-state index is 11.7. The van der Waals surface area contributed by atoms with Crippen molar-refractivity contribution in [3.05, 3.63) is 70.9 Å². The van der Waals surface area contributed by atoms with Gasteiger partial charge in [-0.1, -0.05) is 35.5 Å². The lowest BCUT2D eigenvalue weighted by Crippen LogP contribution is -1.99. The molecular weight excluding hydrogens is 310 g/mol. The molecule has 0 atom stereocenters. The van der Waals surface area contributed by atoms with Crippen molar-refractivity contribution in [1.82, 2.24) is 5.16 Å². The number of ether oxygens (including phenoxy) is 1. The van der Waals surface area contributed by atoms with Gasteiger partial charge in [0, 0.05) is 21.9 Å². The second-order valence-electron chi connectivity index (χ2n) is 4.94. The van der Waals surface area contributed by atoms with E-state index in [0.29, 0.717) is 5.76 Å². The molecule has 0 aliphatic heterocycles. The largest absolute Gasteiger partial charge is 0.454 e. The highest BCUT2D eigenvalue weighted by molar-refractivity contribution is 7.16. The predicted molar refractivity (Wildman–Crippen MR) is 89.8 cm³/mol. The lowest BCUT2D eigenvalue weighted by atomic mass is 10.2. The molecule has 0 saturated heterocycles. The molecule has 3 rings (SSSR count). The molecule has 0 aliphatic rings. The second-order valence-corrected chi connectivity index (χ2v) is 6.06. The van der Waals surface area contributed by atoms with Crippen molar-refractivity contribution in [1.29, 1.82) is 0 Å². The molecule has 0 fully saturated rings. The van der Waals surface area contributed by atoms with Crippen molar-refractivity contribution in [2.75, 3.05) is 0 Å². The fourth-order valence-corrected chi connectivity index (χ4v) is 2.94. The predicted octanol–water partition coefficient (Wildman–Crippen LogP) is 4.47. The number of thiophene rings is 1. The number of nitrogens with zero attached hydrogens (tertiary/aromatic N) is 1. The molecule has 0 amide bonds. The molecule has 0 N–H and O–H groups in total. The maximum Gasteiger partial charge on any atom is 0.331 e. The monoisotopic (exact) mass is 325 g/mol. The van der Waals surface area contributed by atoms with Gasteiger partial charge in [0.05, 0.1) is 5.69 Å². The van der Waals surface area contributed by atoms with Gasteiger partial charge < -0.3 is 9.26 Å². The zero-order valence-corrected chi connectivity index (χ0v) is 13.4. The van der Waals surface area contributed by atoms with Gasteiger partial charge >= 0.3 is 5.97 Å². The van der Waals surface area contributed by atoms with E-state index in [-0.39, 0.29) is 6.61 Å². The van der Waals surface area contributed by atoms with Crippen LogP contribution in [0.1, 0.15) is 16.3 Å². The van der Waals surface area contributed by atoms with Crippen LogP contribution in [0.5, 0.6) is 0 Å². The minimum absolute atomic E-state index is 0.0870. The number of hydrogen-bond donors (Lipinski definition) is 0. The van der Waals surface area contributed by atoms with E-state index in [4.69, 9.17) is 9.26 Å². The van der Waals surface area contributed by atoms with Crippen molar-refractivity contribution < 1.29 is 14.1 Å². The number of carbonyl (C=O) groups excluding carboxylic acids is 1. The molecule has 0 spiro atoms. The second kappa shape index (κ2) is 7.07. The van der Waals surface area contributed by atoms with E-state index in [1.165, 1.54) is 11.6 Å². The van der Waals surface area contributed by atoms with Crippen LogP contribution >= 0.6 is 11.3 Å². The van der Waals surface area contributed by atoms with Crippen LogP contribution in [-0.2, 0) is 16.1 Å². The van der Waals surface area contributed by atoms with Gasteiger partial charge in [0.1, 0.15) is 0 Å². The van der Waals surface area contributed by atoms with Crippen LogP contribution in [0, 0.1) is 6.92 Å².